The molecule has 0 amide bonds. The first-order chi connectivity index (χ1) is 6.58. The Bertz CT molecular complexity index is 300. The van der Waals surface area contributed by atoms with Gasteiger partial charge >= 0.3 is 0 Å². The highest BCUT2D eigenvalue weighted by molar-refractivity contribution is 9.09. The minimum atomic E-state index is -2.95. The average Bonchev–Trinajstić information content (AvgIpc) is 2.87. The van der Waals surface area contributed by atoms with Crippen molar-refractivity contribution in [1.29, 1.82) is 0 Å². The van der Waals surface area contributed by atoms with Crippen LogP contribution in [0, 0.1) is 5.92 Å². The molecular weight excluding hydrogens is 266 g/mol. The second-order valence-corrected chi connectivity index (χ2v) is 7.63. The molecule has 1 saturated carbocycles. The minimum Gasteiger partial charge on any atom is -0.212 e. The van der Waals surface area contributed by atoms with Gasteiger partial charge in [-0.2, -0.15) is 0 Å². The molecule has 1 unspecified atom stereocenters. The van der Waals surface area contributed by atoms with Gasteiger partial charge in [-0.25, -0.2) is 12.7 Å². The first kappa shape index (κ1) is 10.9. The van der Waals surface area contributed by atoms with Crippen molar-refractivity contribution >= 4 is 26.0 Å². The Morgan fingerprint density at radius 2 is 2.00 bits per heavy atom. The van der Waals surface area contributed by atoms with E-state index in [9.17, 15) is 8.42 Å². The molecule has 3 nitrogen and oxygen atoms in total. The van der Waals surface area contributed by atoms with Crippen LogP contribution < -0.4 is 0 Å². The highest BCUT2D eigenvalue weighted by Gasteiger charge is 2.33. The third kappa shape index (κ3) is 2.70. The van der Waals surface area contributed by atoms with Crippen molar-refractivity contribution in [2.24, 2.45) is 5.92 Å². The van der Waals surface area contributed by atoms with Crippen molar-refractivity contribution in [2.75, 3.05) is 18.8 Å². The van der Waals surface area contributed by atoms with Gasteiger partial charge in [0.2, 0.25) is 10.0 Å². The van der Waals surface area contributed by atoms with Crippen molar-refractivity contribution in [3.63, 3.8) is 0 Å². The lowest BCUT2D eigenvalue weighted by molar-refractivity contribution is 0.355. The zero-order valence-corrected chi connectivity index (χ0v) is 10.6. The summed E-state index contributed by atoms with van der Waals surface area (Å²) in [6.07, 6.45) is 4.28. The SMILES string of the molecule is O=S(=O)(CC1CC1)N1CCCC(Br)C1. The Morgan fingerprint density at radius 3 is 2.57 bits per heavy atom. The first-order valence-corrected chi connectivity index (χ1v) is 7.72. The lowest BCUT2D eigenvalue weighted by atomic mass is 10.2. The van der Waals surface area contributed by atoms with E-state index in [0.29, 0.717) is 23.0 Å². The Kier molecular flexibility index (Phi) is 3.19. The van der Waals surface area contributed by atoms with E-state index in [2.05, 4.69) is 15.9 Å². The third-order valence-electron chi connectivity index (χ3n) is 2.86. The maximum atomic E-state index is 11.9. The number of alkyl halides is 1. The van der Waals surface area contributed by atoms with E-state index >= 15 is 0 Å². The number of rotatable bonds is 3. The van der Waals surface area contributed by atoms with Gasteiger partial charge in [-0.15, -0.1) is 0 Å². The quantitative estimate of drug-likeness (QED) is 0.737. The molecule has 1 saturated heterocycles. The van der Waals surface area contributed by atoms with Crippen LogP contribution in [0.25, 0.3) is 0 Å². The molecule has 2 rings (SSSR count). The Labute approximate surface area is 94.0 Å². The molecule has 1 heterocycles. The second kappa shape index (κ2) is 4.10. The standard InChI is InChI=1S/C9H16BrNO2S/c10-9-2-1-5-11(6-9)14(12,13)7-8-3-4-8/h8-9H,1-7H2. The predicted octanol–water partition coefficient (Wildman–Crippen LogP) is 1.59. The molecule has 1 aliphatic heterocycles. The van der Waals surface area contributed by atoms with Crippen LogP contribution in [0.4, 0.5) is 0 Å². The molecule has 0 aromatic rings. The zero-order chi connectivity index (χ0) is 10.2. The molecule has 2 fully saturated rings. The van der Waals surface area contributed by atoms with Crippen LogP contribution in [0.2, 0.25) is 0 Å². The van der Waals surface area contributed by atoms with Gasteiger partial charge in [0, 0.05) is 17.9 Å². The van der Waals surface area contributed by atoms with Gasteiger partial charge in [-0.05, 0) is 31.6 Å². The molecule has 14 heavy (non-hydrogen) atoms. The number of hydrogen-bond acceptors (Lipinski definition) is 2. The summed E-state index contributed by atoms with van der Waals surface area (Å²) in [6.45, 7) is 1.38. The summed E-state index contributed by atoms with van der Waals surface area (Å²) in [4.78, 5) is 0.352. The molecule has 0 spiro atoms. The largest absolute Gasteiger partial charge is 0.214 e. The number of piperidine rings is 1. The lowest BCUT2D eigenvalue weighted by Crippen LogP contribution is -2.41. The predicted molar refractivity (Wildman–Crippen MR) is 60.0 cm³/mol. The molecule has 2 aliphatic rings. The molecular formula is C9H16BrNO2S. The summed E-state index contributed by atoms with van der Waals surface area (Å²) in [7, 11) is -2.95. The third-order valence-corrected chi connectivity index (χ3v) is 5.62. The van der Waals surface area contributed by atoms with Crippen LogP contribution in [0.5, 0.6) is 0 Å². The van der Waals surface area contributed by atoms with Crippen LogP contribution in [0.15, 0.2) is 0 Å². The Hall–Kier alpha value is 0.390. The van der Waals surface area contributed by atoms with Gasteiger partial charge in [0.1, 0.15) is 0 Å². The Morgan fingerprint density at radius 1 is 1.29 bits per heavy atom. The van der Waals surface area contributed by atoms with Gasteiger partial charge in [0.25, 0.3) is 0 Å². The van der Waals surface area contributed by atoms with E-state index in [-0.39, 0.29) is 0 Å². The summed E-state index contributed by atoms with van der Waals surface area (Å²) in [5.74, 6) is 0.836. The average molecular weight is 282 g/mol. The van der Waals surface area contributed by atoms with Crippen molar-refractivity contribution in [1.82, 2.24) is 4.31 Å². The van der Waals surface area contributed by atoms with Gasteiger partial charge in [-0.3, -0.25) is 0 Å². The summed E-state index contributed by atoms with van der Waals surface area (Å²) in [5.41, 5.74) is 0. The number of hydrogen-bond donors (Lipinski definition) is 0. The second-order valence-electron chi connectivity index (χ2n) is 4.32. The van der Waals surface area contributed by atoms with Gasteiger partial charge in [0.05, 0.1) is 5.75 Å². The summed E-state index contributed by atoms with van der Waals surface area (Å²) in [6, 6.07) is 0. The fourth-order valence-corrected chi connectivity index (χ4v) is 4.65. The van der Waals surface area contributed by atoms with E-state index in [1.165, 1.54) is 0 Å². The first-order valence-electron chi connectivity index (χ1n) is 5.20. The molecule has 82 valence electrons. The molecule has 1 atom stereocenters. The smallest absolute Gasteiger partial charge is 0.212 e. The van der Waals surface area contributed by atoms with E-state index in [0.717, 1.165) is 32.2 Å². The maximum absolute atomic E-state index is 11.9. The molecule has 0 radical (unpaired) electrons. The summed E-state index contributed by atoms with van der Waals surface area (Å²) >= 11 is 3.50. The minimum absolute atomic E-state index is 0.352. The lowest BCUT2D eigenvalue weighted by Gasteiger charge is -2.29. The van der Waals surface area contributed by atoms with Gasteiger partial charge < -0.3 is 0 Å². The van der Waals surface area contributed by atoms with Crippen molar-refractivity contribution < 1.29 is 8.42 Å². The normalized spacial score (nSPS) is 30.5. The zero-order valence-electron chi connectivity index (χ0n) is 8.15. The molecule has 0 N–H and O–H groups in total. The molecule has 0 aromatic heterocycles. The number of halogens is 1. The van der Waals surface area contributed by atoms with Crippen molar-refractivity contribution in [3.05, 3.63) is 0 Å². The highest BCUT2D eigenvalue weighted by atomic mass is 79.9. The van der Waals surface area contributed by atoms with Crippen LogP contribution in [0.1, 0.15) is 25.7 Å². The van der Waals surface area contributed by atoms with E-state index < -0.39 is 10.0 Å². The Balaban J connectivity index is 1.97. The molecule has 5 heteroatoms. The molecule has 0 aromatic carbocycles. The monoisotopic (exact) mass is 281 g/mol. The van der Waals surface area contributed by atoms with Crippen LogP contribution in [-0.4, -0.2) is 36.4 Å². The topological polar surface area (TPSA) is 37.4 Å². The summed E-state index contributed by atoms with van der Waals surface area (Å²) in [5, 5.41) is 0. The molecule has 1 aliphatic carbocycles. The maximum Gasteiger partial charge on any atom is 0.214 e. The molecule has 0 bridgehead atoms. The van der Waals surface area contributed by atoms with Gasteiger partial charge in [0.15, 0.2) is 0 Å². The van der Waals surface area contributed by atoms with Crippen molar-refractivity contribution in [3.8, 4) is 0 Å². The summed E-state index contributed by atoms with van der Waals surface area (Å²) < 4.78 is 25.4. The van der Waals surface area contributed by atoms with Crippen molar-refractivity contribution in [2.45, 2.75) is 30.5 Å². The number of nitrogens with zero attached hydrogens (tertiary/aromatic N) is 1. The fraction of sp³-hybridized carbons (Fsp3) is 1.00. The van der Waals surface area contributed by atoms with E-state index in [1.54, 1.807) is 4.31 Å². The van der Waals surface area contributed by atoms with Crippen LogP contribution in [0.3, 0.4) is 0 Å². The number of sulfonamides is 1. The van der Waals surface area contributed by atoms with E-state index in [4.69, 9.17) is 0 Å². The van der Waals surface area contributed by atoms with Crippen LogP contribution in [-0.2, 0) is 10.0 Å². The van der Waals surface area contributed by atoms with Gasteiger partial charge in [-0.1, -0.05) is 15.9 Å². The van der Waals surface area contributed by atoms with E-state index in [1.807, 2.05) is 0 Å². The van der Waals surface area contributed by atoms with Crippen LogP contribution >= 0.6 is 15.9 Å². The fourth-order valence-electron chi connectivity index (χ4n) is 1.83. The highest BCUT2D eigenvalue weighted by Crippen LogP contribution is 2.32.